The van der Waals surface area contributed by atoms with E-state index in [1.54, 1.807) is 0 Å². The van der Waals surface area contributed by atoms with E-state index in [4.69, 9.17) is 19.7 Å². The van der Waals surface area contributed by atoms with Crippen molar-refractivity contribution in [1.29, 1.82) is 0 Å². The van der Waals surface area contributed by atoms with Gasteiger partial charge in [0.05, 0.1) is 19.3 Å². The number of aliphatic hydroxyl groups is 2. The number of aliphatic hydroxyl groups excluding tert-OH is 2. The van der Waals surface area contributed by atoms with Crippen LogP contribution in [0.3, 0.4) is 0 Å². The van der Waals surface area contributed by atoms with Crippen LogP contribution in [-0.4, -0.2) is 49.4 Å². The Labute approximate surface area is 110 Å². The van der Waals surface area contributed by atoms with Crippen molar-refractivity contribution in [1.82, 2.24) is 0 Å². The summed E-state index contributed by atoms with van der Waals surface area (Å²) in [6.45, 7) is 4.79. The van der Waals surface area contributed by atoms with Crippen LogP contribution in [0.1, 0.15) is 39.0 Å². The van der Waals surface area contributed by atoms with E-state index in [1.165, 1.54) is 0 Å². The maximum Gasteiger partial charge on any atom is 0.0675 e. The molecule has 1 rings (SSSR count). The molecule has 0 aromatic heterocycles. The molecule has 1 aliphatic rings. The zero-order valence-corrected chi connectivity index (χ0v) is 11.5. The van der Waals surface area contributed by atoms with Crippen LogP contribution in [0.15, 0.2) is 0 Å². The Morgan fingerprint density at radius 3 is 2.17 bits per heavy atom. The lowest BCUT2D eigenvalue weighted by molar-refractivity contribution is -0.115. The maximum absolute atomic E-state index is 8.94. The highest BCUT2D eigenvalue weighted by Gasteiger charge is 2.33. The molecule has 0 aliphatic carbocycles. The molecule has 4 nitrogen and oxygen atoms in total. The molecule has 0 aromatic carbocycles. The van der Waals surface area contributed by atoms with Crippen LogP contribution in [0.25, 0.3) is 0 Å². The molecular weight excluding hydrogens is 232 g/mol. The summed E-state index contributed by atoms with van der Waals surface area (Å²) in [7, 11) is 0. The lowest BCUT2D eigenvalue weighted by Crippen LogP contribution is -2.42. The summed E-state index contributed by atoms with van der Waals surface area (Å²) < 4.78 is 11.6. The minimum Gasteiger partial charge on any atom is -0.396 e. The summed E-state index contributed by atoms with van der Waals surface area (Å²) in [5.74, 6) is 0.846. The molecule has 1 aliphatic heterocycles. The zero-order chi connectivity index (χ0) is 13.2. The van der Waals surface area contributed by atoms with Gasteiger partial charge in [-0.15, -0.1) is 0 Å². The lowest BCUT2D eigenvalue weighted by atomic mass is 9.83. The predicted molar refractivity (Wildman–Crippen MR) is 70.5 cm³/mol. The van der Waals surface area contributed by atoms with Gasteiger partial charge in [0.15, 0.2) is 0 Å². The van der Waals surface area contributed by atoms with Crippen LogP contribution in [0.5, 0.6) is 0 Å². The monoisotopic (exact) mass is 260 g/mol. The Morgan fingerprint density at radius 2 is 1.61 bits per heavy atom. The second-order valence-electron chi connectivity index (χ2n) is 5.06. The fraction of sp³-hybridized carbons (Fsp3) is 1.00. The van der Waals surface area contributed by atoms with Crippen molar-refractivity contribution in [2.24, 2.45) is 11.8 Å². The zero-order valence-electron chi connectivity index (χ0n) is 11.5. The fourth-order valence-corrected chi connectivity index (χ4v) is 2.78. The van der Waals surface area contributed by atoms with Crippen LogP contribution >= 0.6 is 0 Å². The molecule has 0 aromatic rings. The molecular formula is C14H28O4. The van der Waals surface area contributed by atoms with E-state index >= 15 is 0 Å². The van der Waals surface area contributed by atoms with Gasteiger partial charge < -0.3 is 19.7 Å². The van der Waals surface area contributed by atoms with Crippen LogP contribution in [0.2, 0.25) is 0 Å². The van der Waals surface area contributed by atoms with Crippen molar-refractivity contribution in [3.8, 4) is 0 Å². The summed E-state index contributed by atoms with van der Waals surface area (Å²) in [6.07, 6.45) is 4.99. The predicted octanol–water partition coefficient (Wildman–Crippen LogP) is 1.59. The van der Waals surface area contributed by atoms with E-state index in [1.807, 2.05) is 6.92 Å². The van der Waals surface area contributed by atoms with Crippen molar-refractivity contribution >= 4 is 0 Å². The summed E-state index contributed by atoms with van der Waals surface area (Å²) in [5.41, 5.74) is 0. The molecule has 1 fully saturated rings. The minimum atomic E-state index is 0.241. The van der Waals surface area contributed by atoms with Crippen LogP contribution in [0.4, 0.5) is 0 Å². The molecule has 2 N–H and O–H groups in total. The molecule has 2 unspecified atom stereocenters. The summed E-state index contributed by atoms with van der Waals surface area (Å²) in [4.78, 5) is 0. The molecule has 4 heteroatoms. The van der Waals surface area contributed by atoms with Gasteiger partial charge in [-0.3, -0.25) is 0 Å². The second kappa shape index (κ2) is 9.73. The summed E-state index contributed by atoms with van der Waals surface area (Å²) >= 11 is 0. The van der Waals surface area contributed by atoms with E-state index < -0.39 is 0 Å². The summed E-state index contributed by atoms with van der Waals surface area (Å²) in [6, 6.07) is 0. The highest BCUT2D eigenvalue weighted by atomic mass is 16.5. The van der Waals surface area contributed by atoms with Gasteiger partial charge in [-0.2, -0.15) is 0 Å². The Balaban J connectivity index is 2.46. The smallest absolute Gasteiger partial charge is 0.0675 e. The van der Waals surface area contributed by atoms with Crippen LogP contribution in [0, 0.1) is 11.8 Å². The molecule has 108 valence electrons. The number of hydrogen-bond donors (Lipinski definition) is 2. The highest BCUT2D eigenvalue weighted by Crippen LogP contribution is 2.30. The first kappa shape index (κ1) is 15.9. The second-order valence-corrected chi connectivity index (χ2v) is 5.06. The van der Waals surface area contributed by atoms with E-state index in [0.29, 0.717) is 11.8 Å². The largest absolute Gasteiger partial charge is 0.396 e. The first-order chi connectivity index (χ1) is 8.83. The quantitative estimate of drug-likeness (QED) is 0.618. The van der Waals surface area contributed by atoms with Gasteiger partial charge in [0.2, 0.25) is 0 Å². The average Bonchev–Trinajstić information content (AvgIpc) is 2.39. The average molecular weight is 260 g/mol. The van der Waals surface area contributed by atoms with Gasteiger partial charge in [-0.25, -0.2) is 0 Å². The lowest BCUT2D eigenvalue weighted by Gasteiger charge is -2.38. The first-order valence-corrected chi connectivity index (χ1v) is 7.24. The molecule has 18 heavy (non-hydrogen) atoms. The number of hydrogen-bond acceptors (Lipinski definition) is 4. The molecule has 0 saturated carbocycles. The number of unbranched alkanes of at least 4 members (excludes halogenated alkanes) is 1. The van der Waals surface area contributed by atoms with E-state index in [2.05, 4.69) is 0 Å². The third kappa shape index (κ3) is 5.22. The van der Waals surface area contributed by atoms with E-state index in [9.17, 15) is 0 Å². The van der Waals surface area contributed by atoms with Crippen molar-refractivity contribution in [2.75, 3.05) is 33.0 Å². The van der Waals surface area contributed by atoms with Crippen molar-refractivity contribution in [2.45, 2.75) is 45.1 Å². The molecule has 3 atom stereocenters. The molecule has 1 heterocycles. The minimum absolute atomic E-state index is 0.241. The standard InChI is InChI=1S/C14H28O4/c1-2-18-14-12(6-3-4-8-15)10-17-11-13(14)7-5-9-16/h12-16H,2-11H2,1H3/t12?,13?,14-/m0/s1. The Kier molecular flexibility index (Phi) is 8.59. The van der Waals surface area contributed by atoms with Gasteiger partial charge in [-0.1, -0.05) is 6.42 Å². The highest BCUT2D eigenvalue weighted by molar-refractivity contribution is 4.82. The normalized spacial score (nSPS) is 28.5. The topological polar surface area (TPSA) is 58.9 Å². The maximum atomic E-state index is 8.94. The van der Waals surface area contributed by atoms with Gasteiger partial charge in [-0.05, 0) is 32.6 Å². The van der Waals surface area contributed by atoms with E-state index in [0.717, 1.165) is 51.9 Å². The third-order valence-electron chi connectivity index (χ3n) is 3.67. The fourth-order valence-electron chi connectivity index (χ4n) is 2.78. The number of rotatable bonds is 9. The molecule has 0 amide bonds. The molecule has 0 spiro atoms. The SMILES string of the molecule is CCO[C@@H]1C(CCCO)COCC1CCCCO. The summed E-state index contributed by atoms with van der Waals surface area (Å²) in [5, 5.41) is 17.8. The molecule has 0 radical (unpaired) electrons. The number of ether oxygens (including phenoxy) is 2. The van der Waals surface area contributed by atoms with Crippen molar-refractivity contribution < 1.29 is 19.7 Å². The molecule has 0 bridgehead atoms. The van der Waals surface area contributed by atoms with Gasteiger partial charge in [0, 0.05) is 31.7 Å². The Morgan fingerprint density at radius 1 is 1.00 bits per heavy atom. The Bertz CT molecular complexity index is 198. The third-order valence-corrected chi connectivity index (χ3v) is 3.67. The Hall–Kier alpha value is -0.160. The van der Waals surface area contributed by atoms with Gasteiger partial charge in [0.25, 0.3) is 0 Å². The molecule has 1 saturated heterocycles. The first-order valence-electron chi connectivity index (χ1n) is 7.24. The van der Waals surface area contributed by atoms with Gasteiger partial charge in [0.1, 0.15) is 0 Å². The van der Waals surface area contributed by atoms with Crippen molar-refractivity contribution in [3.63, 3.8) is 0 Å². The van der Waals surface area contributed by atoms with Gasteiger partial charge >= 0.3 is 0 Å². The van der Waals surface area contributed by atoms with Crippen LogP contribution in [-0.2, 0) is 9.47 Å². The van der Waals surface area contributed by atoms with E-state index in [-0.39, 0.29) is 19.3 Å². The van der Waals surface area contributed by atoms with Crippen LogP contribution < -0.4 is 0 Å². The van der Waals surface area contributed by atoms with Crippen molar-refractivity contribution in [3.05, 3.63) is 0 Å².